The fraction of sp³-hybridized carbons (Fsp3) is 0.619. The van der Waals surface area contributed by atoms with Crippen LogP contribution in [0.1, 0.15) is 78.4 Å². The number of benzene rings is 1. The van der Waals surface area contributed by atoms with Crippen molar-refractivity contribution in [2.45, 2.75) is 73.3 Å². The second-order valence-electron chi connectivity index (χ2n) is 8.42. The van der Waals surface area contributed by atoms with Gasteiger partial charge in [0, 0.05) is 0 Å². The molecule has 0 saturated carbocycles. The molecule has 0 N–H and O–H groups in total. The summed E-state index contributed by atoms with van der Waals surface area (Å²) in [7, 11) is 0. The summed E-state index contributed by atoms with van der Waals surface area (Å²) in [6.45, 7) is 18.1. The maximum Gasteiger partial charge on any atom is 0.231 e. The van der Waals surface area contributed by atoms with Crippen LogP contribution in [0.4, 0.5) is 5.69 Å². The van der Waals surface area contributed by atoms with Crippen LogP contribution in [0.3, 0.4) is 0 Å². The Kier molecular flexibility index (Phi) is 5.52. The molecule has 1 aromatic rings. The number of hydrogen-bond acceptors (Lipinski definition) is 3. The van der Waals surface area contributed by atoms with Gasteiger partial charge in [0.15, 0.2) is 0 Å². The second-order valence-corrected chi connectivity index (χ2v) is 8.42. The predicted molar refractivity (Wildman–Crippen MR) is 104 cm³/mol. The van der Waals surface area contributed by atoms with Crippen LogP contribution >= 0.6 is 0 Å². The smallest absolute Gasteiger partial charge is 0.231 e. The van der Waals surface area contributed by atoms with Gasteiger partial charge in [-0.1, -0.05) is 66.7 Å². The lowest BCUT2D eigenvalue weighted by molar-refractivity contribution is 0.237. The van der Waals surface area contributed by atoms with E-state index in [9.17, 15) is 0 Å². The molecule has 0 saturated heterocycles. The SMILES string of the molecule is CC(=Nc1c(C(C)C)cccc1C(C)C)C1=N[C@@H](C(C)(C)C)CO1. The Morgan fingerprint density at radius 3 is 2.08 bits per heavy atom. The van der Waals surface area contributed by atoms with Crippen molar-refractivity contribution < 1.29 is 4.74 Å². The molecular formula is C21H32N2O. The molecule has 0 spiro atoms. The standard InChI is InChI=1S/C21H32N2O/c1-13(2)16-10-9-11-17(14(3)4)19(16)22-15(5)20-23-18(12-24-20)21(6,7)8/h9-11,13-14,18H,12H2,1-8H3/t18-/m1/s1. The molecule has 24 heavy (non-hydrogen) atoms. The summed E-state index contributed by atoms with van der Waals surface area (Å²) in [5.74, 6) is 1.57. The van der Waals surface area contributed by atoms with Gasteiger partial charge in [-0.15, -0.1) is 0 Å². The van der Waals surface area contributed by atoms with Crippen LogP contribution in [0.2, 0.25) is 0 Å². The average molecular weight is 329 g/mol. The first kappa shape index (κ1) is 18.7. The van der Waals surface area contributed by atoms with Crippen LogP contribution < -0.4 is 0 Å². The molecule has 0 radical (unpaired) electrons. The normalized spacial score (nSPS) is 19.0. The molecule has 3 nitrogen and oxygen atoms in total. The Morgan fingerprint density at radius 1 is 1.12 bits per heavy atom. The Morgan fingerprint density at radius 2 is 1.67 bits per heavy atom. The molecule has 0 aromatic heterocycles. The molecule has 1 atom stereocenters. The Balaban J connectivity index is 2.44. The monoisotopic (exact) mass is 328 g/mol. The van der Waals surface area contributed by atoms with Crippen LogP contribution in [0.25, 0.3) is 0 Å². The van der Waals surface area contributed by atoms with E-state index < -0.39 is 0 Å². The van der Waals surface area contributed by atoms with Gasteiger partial charge in [-0.25, -0.2) is 9.98 Å². The van der Waals surface area contributed by atoms with Crippen molar-refractivity contribution in [1.29, 1.82) is 0 Å². The number of aliphatic imine (C=N–C) groups is 2. The van der Waals surface area contributed by atoms with E-state index in [1.165, 1.54) is 11.1 Å². The number of nitrogens with zero attached hydrogens (tertiary/aromatic N) is 2. The number of rotatable bonds is 4. The van der Waals surface area contributed by atoms with Crippen molar-refractivity contribution in [3.63, 3.8) is 0 Å². The fourth-order valence-electron chi connectivity index (χ4n) is 2.87. The topological polar surface area (TPSA) is 34.0 Å². The van der Waals surface area contributed by atoms with Crippen LogP contribution in [-0.4, -0.2) is 24.3 Å². The van der Waals surface area contributed by atoms with Gasteiger partial charge in [0.25, 0.3) is 0 Å². The molecule has 1 aromatic carbocycles. The minimum absolute atomic E-state index is 0.112. The third-order valence-electron chi connectivity index (χ3n) is 4.58. The lowest BCUT2D eigenvalue weighted by Gasteiger charge is -2.21. The highest BCUT2D eigenvalue weighted by molar-refractivity contribution is 6.39. The molecule has 0 fully saturated rings. The van der Waals surface area contributed by atoms with Gasteiger partial charge >= 0.3 is 0 Å². The van der Waals surface area contributed by atoms with E-state index in [0.717, 1.165) is 11.4 Å². The maximum atomic E-state index is 5.85. The molecule has 0 unspecified atom stereocenters. The van der Waals surface area contributed by atoms with E-state index in [-0.39, 0.29) is 11.5 Å². The first-order valence-corrected chi connectivity index (χ1v) is 9.00. The molecule has 1 aliphatic heterocycles. The molecule has 0 bridgehead atoms. The molecule has 132 valence electrons. The van der Waals surface area contributed by atoms with Crippen molar-refractivity contribution in [3.05, 3.63) is 29.3 Å². The largest absolute Gasteiger partial charge is 0.474 e. The first-order valence-electron chi connectivity index (χ1n) is 9.00. The van der Waals surface area contributed by atoms with E-state index in [1.54, 1.807) is 0 Å². The summed E-state index contributed by atoms with van der Waals surface area (Å²) >= 11 is 0. The highest BCUT2D eigenvalue weighted by Crippen LogP contribution is 2.35. The maximum absolute atomic E-state index is 5.85. The zero-order chi connectivity index (χ0) is 18.1. The van der Waals surface area contributed by atoms with E-state index in [2.05, 4.69) is 66.7 Å². The average Bonchev–Trinajstić information content (AvgIpc) is 2.96. The molecular weight excluding hydrogens is 296 g/mol. The van der Waals surface area contributed by atoms with Crippen molar-refractivity contribution in [3.8, 4) is 0 Å². The number of ether oxygens (including phenoxy) is 1. The summed E-state index contributed by atoms with van der Waals surface area (Å²) in [5, 5.41) is 0. The summed E-state index contributed by atoms with van der Waals surface area (Å²) in [6, 6.07) is 6.69. The highest BCUT2D eigenvalue weighted by Gasteiger charge is 2.31. The van der Waals surface area contributed by atoms with Gasteiger partial charge in [0.05, 0.1) is 17.4 Å². The van der Waals surface area contributed by atoms with Crippen LogP contribution in [0, 0.1) is 5.41 Å². The highest BCUT2D eigenvalue weighted by atomic mass is 16.5. The Labute approximate surface area is 147 Å². The van der Waals surface area contributed by atoms with E-state index >= 15 is 0 Å². The molecule has 1 heterocycles. The van der Waals surface area contributed by atoms with Gasteiger partial charge in [-0.2, -0.15) is 0 Å². The summed E-state index contributed by atoms with van der Waals surface area (Å²) in [5.41, 5.74) is 4.64. The number of para-hydroxylation sites is 1. The van der Waals surface area contributed by atoms with Gasteiger partial charge in [0.1, 0.15) is 6.61 Å². The van der Waals surface area contributed by atoms with Gasteiger partial charge < -0.3 is 4.74 Å². The van der Waals surface area contributed by atoms with E-state index in [0.29, 0.717) is 24.3 Å². The Hall–Kier alpha value is -1.64. The zero-order valence-corrected chi connectivity index (χ0v) is 16.5. The van der Waals surface area contributed by atoms with Crippen molar-refractivity contribution in [2.24, 2.45) is 15.4 Å². The van der Waals surface area contributed by atoms with Gasteiger partial charge in [0.2, 0.25) is 5.90 Å². The fourth-order valence-corrected chi connectivity index (χ4v) is 2.87. The molecule has 0 amide bonds. The minimum Gasteiger partial charge on any atom is -0.474 e. The molecule has 2 rings (SSSR count). The quantitative estimate of drug-likeness (QED) is 0.636. The zero-order valence-electron chi connectivity index (χ0n) is 16.5. The third-order valence-corrected chi connectivity index (χ3v) is 4.58. The van der Waals surface area contributed by atoms with Crippen molar-refractivity contribution in [1.82, 2.24) is 0 Å². The lowest BCUT2D eigenvalue weighted by Crippen LogP contribution is -2.25. The summed E-state index contributed by atoms with van der Waals surface area (Å²) in [4.78, 5) is 9.73. The molecule has 3 heteroatoms. The summed E-state index contributed by atoms with van der Waals surface area (Å²) < 4.78 is 5.85. The van der Waals surface area contributed by atoms with Gasteiger partial charge in [-0.3, -0.25) is 0 Å². The summed E-state index contributed by atoms with van der Waals surface area (Å²) in [6.07, 6.45) is 0. The first-order chi connectivity index (χ1) is 11.1. The van der Waals surface area contributed by atoms with E-state index in [4.69, 9.17) is 14.7 Å². The van der Waals surface area contributed by atoms with Crippen molar-refractivity contribution in [2.75, 3.05) is 6.61 Å². The Bertz CT molecular complexity index is 622. The molecule has 1 aliphatic rings. The van der Waals surface area contributed by atoms with Crippen LogP contribution in [0.15, 0.2) is 28.2 Å². The van der Waals surface area contributed by atoms with Gasteiger partial charge in [-0.05, 0) is 35.3 Å². The predicted octanol–water partition coefficient (Wildman–Crippen LogP) is 5.87. The molecule has 0 aliphatic carbocycles. The number of hydrogen-bond donors (Lipinski definition) is 0. The van der Waals surface area contributed by atoms with Crippen molar-refractivity contribution >= 4 is 17.3 Å². The van der Waals surface area contributed by atoms with Crippen LogP contribution in [-0.2, 0) is 4.74 Å². The second kappa shape index (κ2) is 7.08. The lowest BCUT2D eigenvalue weighted by atomic mass is 9.88. The third kappa shape index (κ3) is 4.06. The minimum atomic E-state index is 0.112. The van der Waals surface area contributed by atoms with Crippen LogP contribution in [0.5, 0.6) is 0 Å². The van der Waals surface area contributed by atoms with E-state index in [1.807, 2.05) is 6.92 Å².